The summed E-state index contributed by atoms with van der Waals surface area (Å²) in [5.41, 5.74) is 5.75. The highest BCUT2D eigenvalue weighted by molar-refractivity contribution is 6.30. The molecule has 1 aromatic heterocycles. The first-order chi connectivity index (χ1) is 13.9. The van der Waals surface area contributed by atoms with Gasteiger partial charge < -0.3 is 9.72 Å². The van der Waals surface area contributed by atoms with Crippen molar-refractivity contribution in [1.29, 1.82) is 0 Å². The van der Waals surface area contributed by atoms with Gasteiger partial charge in [-0.15, -0.1) is 0 Å². The van der Waals surface area contributed by atoms with Crippen molar-refractivity contribution in [3.05, 3.63) is 98.4 Å². The summed E-state index contributed by atoms with van der Waals surface area (Å²) < 4.78 is 5.65. The van der Waals surface area contributed by atoms with Crippen molar-refractivity contribution in [2.75, 3.05) is 0 Å². The third-order valence-corrected chi connectivity index (χ3v) is 4.28. The van der Waals surface area contributed by atoms with E-state index >= 15 is 0 Å². The highest BCUT2D eigenvalue weighted by atomic mass is 35.5. The summed E-state index contributed by atoms with van der Waals surface area (Å²) in [6, 6.07) is 16.7. The molecule has 7 nitrogen and oxygen atoms in total. The van der Waals surface area contributed by atoms with Crippen LogP contribution in [0.5, 0.6) is 5.75 Å². The van der Waals surface area contributed by atoms with Crippen LogP contribution in [-0.2, 0) is 6.61 Å². The molecule has 148 valence electrons. The standard InChI is InChI=1S/C21H18ClN3O4/c1-13-2-11-18(20(27)23-13)21(28)25-24-19(26)15-5-3-14(4-6-15)12-29-17-9-7-16(22)8-10-17/h2-11H,12H2,1H3,(H,23,27)(H,24,26)(H,25,28). The molecule has 2 amide bonds. The van der Waals surface area contributed by atoms with Gasteiger partial charge >= 0.3 is 0 Å². The first-order valence-electron chi connectivity index (χ1n) is 8.70. The zero-order chi connectivity index (χ0) is 20.8. The van der Waals surface area contributed by atoms with Crippen LogP contribution in [0.4, 0.5) is 0 Å². The van der Waals surface area contributed by atoms with Crippen molar-refractivity contribution < 1.29 is 14.3 Å². The third-order valence-electron chi connectivity index (χ3n) is 4.02. The van der Waals surface area contributed by atoms with Crippen LogP contribution in [0.25, 0.3) is 0 Å². The van der Waals surface area contributed by atoms with E-state index in [0.29, 0.717) is 28.6 Å². The molecule has 0 saturated carbocycles. The maximum Gasteiger partial charge on any atom is 0.275 e. The number of nitrogens with one attached hydrogen (secondary N) is 3. The van der Waals surface area contributed by atoms with E-state index < -0.39 is 17.4 Å². The minimum atomic E-state index is -0.701. The molecule has 3 N–H and O–H groups in total. The number of benzene rings is 2. The molecule has 29 heavy (non-hydrogen) atoms. The molecule has 0 aliphatic rings. The summed E-state index contributed by atoms with van der Waals surface area (Å²) in [7, 11) is 0. The van der Waals surface area contributed by atoms with Crippen LogP contribution in [0.3, 0.4) is 0 Å². The summed E-state index contributed by atoms with van der Waals surface area (Å²) in [4.78, 5) is 38.5. The number of halogens is 1. The maximum absolute atomic E-state index is 12.2. The van der Waals surface area contributed by atoms with Crippen molar-refractivity contribution >= 4 is 23.4 Å². The number of hydrogen-bond acceptors (Lipinski definition) is 4. The fourth-order valence-corrected chi connectivity index (χ4v) is 2.58. The minimum absolute atomic E-state index is 0.0920. The van der Waals surface area contributed by atoms with E-state index in [4.69, 9.17) is 16.3 Å². The summed E-state index contributed by atoms with van der Waals surface area (Å²) in [6.07, 6.45) is 0. The Morgan fingerprint density at radius 3 is 2.24 bits per heavy atom. The molecule has 1 heterocycles. The minimum Gasteiger partial charge on any atom is -0.489 e. The lowest BCUT2D eigenvalue weighted by molar-refractivity contribution is 0.0845. The predicted molar refractivity (Wildman–Crippen MR) is 109 cm³/mol. The van der Waals surface area contributed by atoms with Gasteiger partial charge in [-0.3, -0.25) is 25.2 Å². The molecule has 0 atom stereocenters. The van der Waals surface area contributed by atoms with Crippen LogP contribution in [0.15, 0.2) is 65.5 Å². The number of carbonyl (C=O) groups excluding carboxylic acids is 2. The quantitative estimate of drug-likeness (QED) is 0.562. The van der Waals surface area contributed by atoms with E-state index in [2.05, 4.69) is 15.8 Å². The lowest BCUT2D eigenvalue weighted by Crippen LogP contribution is -2.43. The summed E-state index contributed by atoms with van der Waals surface area (Å²) in [5.74, 6) is -0.523. The van der Waals surface area contributed by atoms with Gasteiger partial charge in [-0.1, -0.05) is 23.7 Å². The molecule has 8 heteroatoms. The number of aromatic nitrogens is 1. The van der Waals surface area contributed by atoms with Crippen molar-refractivity contribution in [2.24, 2.45) is 0 Å². The number of aryl methyl sites for hydroxylation is 1. The second-order valence-corrected chi connectivity index (χ2v) is 6.67. The normalized spacial score (nSPS) is 10.3. The summed E-state index contributed by atoms with van der Waals surface area (Å²) >= 11 is 5.83. The Morgan fingerprint density at radius 1 is 0.931 bits per heavy atom. The topological polar surface area (TPSA) is 100 Å². The van der Waals surface area contributed by atoms with Crippen molar-refractivity contribution in [3.8, 4) is 5.75 Å². The molecule has 2 aromatic carbocycles. The largest absolute Gasteiger partial charge is 0.489 e. The average Bonchev–Trinajstić information content (AvgIpc) is 2.72. The van der Waals surface area contributed by atoms with Crippen LogP contribution in [0.1, 0.15) is 32.0 Å². The Bertz CT molecular complexity index is 1080. The van der Waals surface area contributed by atoms with Crippen LogP contribution in [0.2, 0.25) is 5.02 Å². The molecule has 3 aromatic rings. The maximum atomic E-state index is 12.2. The van der Waals surface area contributed by atoms with Gasteiger partial charge in [-0.05, 0) is 61.0 Å². The van der Waals surface area contributed by atoms with Gasteiger partial charge in [0.2, 0.25) is 0 Å². The first kappa shape index (κ1) is 20.2. The molecule has 0 fully saturated rings. The molecular formula is C21H18ClN3O4. The second-order valence-electron chi connectivity index (χ2n) is 6.23. The van der Waals surface area contributed by atoms with Gasteiger partial charge in [0.1, 0.15) is 17.9 Å². The van der Waals surface area contributed by atoms with Crippen LogP contribution in [0, 0.1) is 6.92 Å². The highest BCUT2D eigenvalue weighted by Gasteiger charge is 2.12. The smallest absolute Gasteiger partial charge is 0.275 e. The van der Waals surface area contributed by atoms with Gasteiger partial charge in [-0.2, -0.15) is 0 Å². The van der Waals surface area contributed by atoms with E-state index in [0.717, 1.165) is 5.56 Å². The second kappa shape index (κ2) is 9.07. The monoisotopic (exact) mass is 411 g/mol. The van der Waals surface area contributed by atoms with Gasteiger partial charge in [0, 0.05) is 16.3 Å². The Morgan fingerprint density at radius 2 is 1.59 bits per heavy atom. The molecular weight excluding hydrogens is 394 g/mol. The van der Waals surface area contributed by atoms with Gasteiger partial charge in [0.15, 0.2) is 0 Å². The van der Waals surface area contributed by atoms with Gasteiger partial charge in [0.25, 0.3) is 17.4 Å². The number of hydrazine groups is 1. The lowest BCUT2D eigenvalue weighted by Gasteiger charge is -2.09. The average molecular weight is 412 g/mol. The number of ether oxygens (including phenoxy) is 1. The fraction of sp³-hybridized carbons (Fsp3) is 0.0952. The Kier molecular flexibility index (Phi) is 6.31. The number of carbonyl (C=O) groups is 2. The number of aromatic amines is 1. The Hall–Kier alpha value is -3.58. The van der Waals surface area contributed by atoms with Crippen molar-refractivity contribution in [2.45, 2.75) is 13.5 Å². The number of H-pyrrole nitrogens is 1. The van der Waals surface area contributed by atoms with Crippen molar-refractivity contribution in [3.63, 3.8) is 0 Å². The summed E-state index contributed by atoms with van der Waals surface area (Å²) in [5, 5.41) is 0.631. The number of amides is 2. The molecule has 0 unspecified atom stereocenters. The highest BCUT2D eigenvalue weighted by Crippen LogP contribution is 2.17. The van der Waals surface area contributed by atoms with E-state index in [1.54, 1.807) is 61.5 Å². The first-order valence-corrected chi connectivity index (χ1v) is 9.08. The van der Waals surface area contributed by atoms with E-state index in [1.165, 1.54) is 6.07 Å². The Labute approximate surface area is 171 Å². The van der Waals surface area contributed by atoms with Crippen LogP contribution >= 0.6 is 11.6 Å². The molecule has 0 saturated heterocycles. The fourth-order valence-electron chi connectivity index (χ4n) is 2.45. The van der Waals surface area contributed by atoms with Gasteiger partial charge in [-0.25, -0.2) is 0 Å². The molecule has 0 aliphatic carbocycles. The summed E-state index contributed by atoms with van der Waals surface area (Å²) in [6.45, 7) is 2.03. The van der Waals surface area contributed by atoms with Crippen LogP contribution < -0.4 is 21.1 Å². The number of pyridine rings is 1. The molecule has 0 bridgehead atoms. The molecule has 0 radical (unpaired) electrons. The lowest BCUT2D eigenvalue weighted by atomic mass is 10.1. The predicted octanol–water partition coefficient (Wildman–Crippen LogP) is 2.99. The molecule has 0 aliphatic heterocycles. The van der Waals surface area contributed by atoms with E-state index in [1.807, 2.05) is 0 Å². The van der Waals surface area contributed by atoms with Gasteiger partial charge in [0.05, 0.1) is 0 Å². The number of hydrogen-bond donors (Lipinski definition) is 3. The number of rotatable bonds is 5. The zero-order valence-corrected chi connectivity index (χ0v) is 16.2. The molecule has 3 rings (SSSR count). The third kappa shape index (κ3) is 5.46. The van der Waals surface area contributed by atoms with Crippen LogP contribution in [-0.4, -0.2) is 16.8 Å². The Balaban J connectivity index is 1.53. The van der Waals surface area contributed by atoms with E-state index in [-0.39, 0.29) is 5.56 Å². The van der Waals surface area contributed by atoms with Crippen molar-refractivity contribution in [1.82, 2.24) is 15.8 Å². The zero-order valence-electron chi connectivity index (χ0n) is 15.5. The SMILES string of the molecule is Cc1ccc(C(=O)NNC(=O)c2ccc(COc3ccc(Cl)cc3)cc2)c(=O)[nH]1. The van der Waals surface area contributed by atoms with E-state index in [9.17, 15) is 14.4 Å². The molecule has 0 spiro atoms.